The summed E-state index contributed by atoms with van der Waals surface area (Å²) in [4.78, 5) is 39.2. The molecule has 0 atom stereocenters. The van der Waals surface area contributed by atoms with Gasteiger partial charge in [0.25, 0.3) is 5.56 Å². The average molecular weight is 298 g/mol. The third-order valence-electron chi connectivity index (χ3n) is 3.48. The van der Waals surface area contributed by atoms with Crippen LogP contribution in [-0.4, -0.2) is 9.97 Å². The maximum absolute atomic E-state index is 11.9. The van der Waals surface area contributed by atoms with E-state index in [9.17, 15) is 14.4 Å². The number of nitrogens with one attached hydrogen (secondary N) is 2. The molecule has 0 spiro atoms. The summed E-state index contributed by atoms with van der Waals surface area (Å²) in [7, 11) is 0. The van der Waals surface area contributed by atoms with Crippen LogP contribution in [0.4, 0.5) is 0 Å². The monoisotopic (exact) mass is 298 g/mol. The Labute approximate surface area is 124 Å². The van der Waals surface area contributed by atoms with E-state index in [1.807, 2.05) is 30.3 Å². The summed E-state index contributed by atoms with van der Waals surface area (Å²) < 4.78 is 4.90. The van der Waals surface area contributed by atoms with Crippen molar-refractivity contribution in [2.45, 2.75) is 19.3 Å². The second kappa shape index (κ2) is 5.85. The molecule has 22 heavy (non-hydrogen) atoms. The van der Waals surface area contributed by atoms with E-state index in [0.29, 0.717) is 12.0 Å². The molecule has 112 valence electrons. The SMILES string of the molecule is O=c1[nH]c(=O)c2c(CCCc3ccccc3)cc(=O)oc2[nH]1. The van der Waals surface area contributed by atoms with Gasteiger partial charge in [-0.2, -0.15) is 0 Å². The highest BCUT2D eigenvalue weighted by molar-refractivity contribution is 5.75. The molecule has 2 aromatic heterocycles. The van der Waals surface area contributed by atoms with Crippen molar-refractivity contribution in [1.29, 1.82) is 0 Å². The van der Waals surface area contributed by atoms with Gasteiger partial charge in [-0.05, 0) is 30.4 Å². The molecule has 0 unspecified atom stereocenters. The second-order valence-corrected chi connectivity index (χ2v) is 5.04. The Hall–Kier alpha value is -2.89. The molecule has 3 rings (SSSR count). The molecule has 3 aromatic rings. The Morgan fingerprint density at radius 3 is 2.50 bits per heavy atom. The number of fused-ring (bicyclic) bond motifs is 1. The molecule has 0 radical (unpaired) electrons. The summed E-state index contributed by atoms with van der Waals surface area (Å²) in [6.07, 6.45) is 2.16. The molecule has 6 heteroatoms. The van der Waals surface area contributed by atoms with Gasteiger partial charge in [-0.1, -0.05) is 30.3 Å². The number of aryl methyl sites for hydroxylation is 2. The van der Waals surface area contributed by atoms with Gasteiger partial charge in [0.2, 0.25) is 5.71 Å². The largest absolute Gasteiger partial charge is 0.405 e. The summed E-state index contributed by atoms with van der Waals surface area (Å²) >= 11 is 0. The summed E-state index contributed by atoms with van der Waals surface area (Å²) in [5.41, 5.74) is -0.115. The molecule has 0 saturated heterocycles. The van der Waals surface area contributed by atoms with Crippen LogP contribution in [0.2, 0.25) is 0 Å². The normalized spacial score (nSPS) is 10.9. The van der Waals surface area contributed by atoms with Gasteiger partial charge in [-0.15, -0.1) is 0 Å². The van der Waals surface area contributed by atoms with Crippen molar-refractivity contribution in [2.75, 3.05) is 0 Å². The van der Waals surface area contributed by atoms with Crippen LogP contribution >= 0.6 is 0 Å². The zero-order valence-corrected chi connectivity index (χ0v) is 11.7. The highest BCUT2D eigenvalue weighted by atomic mass is 16.4. The van der Waals surface area contributed by atoms with Crippen molar-refractivity contribution >= 4 is 11.1 Å². The molecular weight excluding hydrogens is 284 g/mol. The number of hydrogen-bond acceptors (Lipinski definition) is 4. The van der Waals surface area contributed by atoms with Gasteiger partial charge in [0, 0.05) is 6.07 Å². The number of H-pyrrole nitrogens is 2. The summed E-state index contributed by atoms with van der Waals surface area (Å²) in [5.74, 6) is 0. The van der Waals surface area contributed by atoms with Crippen molar-refractivity contribution in [3.8, 4) is 0 Å². The first-order valence-electron chi connectivity index (χ1n) is 6.97. The van der Waals surface area contributed by atoms with Crippen LogP contribution in [0.3, 0.4) is 0 Å². The van der Waals surface area contributed by atoms with E-state index in [1.165, 1.54) is 11.6 Å². The molecule has 0 aliphatic rings. The first-order valence-corrected chi connectivity index (χ1v) is 6.97. The smallest absolute Gasteiger partial charge is 0.337 e. The van der Waals surface area contributed by atoms with Crippen LogP contribution in [-0.2, 0) is 12.8 Å². The van der Waals surface area contributed by atoms with Crippen LogP contribution in [0.5, 0.6) is 0 Å². The number of aromatic nitrogens is 2. The zero-order chi connectivity index (χ0) is 15.5. The number of aromatic amines is 2. The third kappa shape index (κ3) is 2.90. The van der Waals surface area contributed by atoms with Gasteiger partial charge in [0.05, 0.1) is 0 Å². The van der Waals surface area contributed by atoms with Crippen molar-refractivity contribution in [1.82, 2.24) is 9.97 Å². The minimum absolute atomic E-state index is 0.0732. The van der Waals surface area contributed by atoms with Crippen LogP contribution in [0.25, 0.3) is 11.1 Å². The zero-order valence-electron chi connectivity index (χ0n) is 11.7. The molecule has 0 amide bonds. The Morgan fingerprint density at radius 1 is 0.955 bits per heavy atom. The standard InChI is InChI=1S/C16H14N2O4/c19-12-9-11(8-4-7-10-5-2-1-3-6-10)13-14(20)17-16(21)18-15(13)22-12/h1-3,5-6,9H,4,7-8H2,(H2,17,18,20,21). The lowest BCUT2D eigenvalue weighted by atomic mass is 10.0. The first-order chi connectivity index (χ1) is 10.6. The molecule has 0 saturated carbocycles. The lowest BCUT2D eigenvalue weighted by molar-refractivity contribution is 0.544. The van der Waals surface area contributed by atoms with E-state index < -0.39 is 16.9 Å². The maximum atomic E-state index is 11.9. The van der Waals surface area contributed by atoms with Crippen molar-refractivity contribution in [3.05, 3.63) is 78.8 Å². The van der Waals surface area contributed by atoms with Crippen LogP contribution in [0, 0.1) is 0 Å². The molecule has 0 aliphatic heterocycles. The maximum Gasteiger partial charge on any atom is 0.337 e. The van der Waals surface area contributed by atoms with Crippen LogP contribution < -0.4 is 16.9 Å². The average Bonchev–Trinajstić information content (AvgIpc) is 2.47. The molecule has 2 N–H and O–H groups in total. The molecule has 2 heterocycles. The predicted molar refractivity (Wildman–Crippen MR) is 82.2 cm³/mol. The highest BCUT2D eigenvalue weighted by Gasteiger charge is 2.10. The second-order valence-electron chi connectivity index (χ2n) is 5.04. The third-order valence-corrected chi connectivity index (χ3v) is 3.48. The molecule has 6 nitrogen and oxygen atoms in total. The minimum Gasteiger partial charge on any atom is -0.405 e. The van der Waals surface area contributed by atoms with Gasteiger partial charge >= 0.3 is 11.3 Å². The van der Waals surface area contributed by atoms with E-state index in [4.69, 9.17) is 4.42 Å². The van der Waals surface area contributed by atoms with E-state index in [0.717, 1.165) is 12.8 Å². The van der Waals surface area contributed by atoms with E-state index >= 15 is 0 Å². The van der Waals surface area contributed by atoms with Crippen LogP contribution in [0.1, 0.15) is 17.5 Å². The summed E-state index contributed by atoms with van der Waals surface area (Å²) in [6.45, 7) is 0. The van der Waals surface area contributed by atoms with Gasteiger partial charge in [-0.3, -0.25) is 14.8 Å². The minimum atomic E-state index is -0.693. The molecular formula is C16H14N2O4. The Balaban J connectivity index is 1.92. The van der Waals surface area contributed by atoms with Crippen molar-refractivity contribution in [2.24, 2.45) is 0 Å². The lowest BCUT2D eigenvalue weighted by Gasteiger charge is -2.04. The van der Waals surface area contributed by atoms with Crippen LogP contribution in [0.15, 0.2) is 55.2 Å². The van der Waals surface area contributed by atoms with Gasteiger partial charge < -0.3 is 4.42 Å². The molecule has 1 aromatic carbocycles. The van der Waals surface area contributed by atoms with Crippen molar-refractivity contribution < 1.29 is 4.42 Å². The van der Waals surface area contributed by atoms with Gasteiger partial charge in [0.1, 0.15) is 5.39 Å². The molecule has 0 fully saturated rings. The summed E-state index contributed by atoms with van der Waals surface area (Å²) in [5, 5.41) is 0.229. The number of benzene rings is 1. The molecule has 0 aliphatic carbocycles. The Morgan fingerprint density at radius 2 is 1.73 bits per heavy atom. The highest BCUT2D eigenvalue weighted by Crippen LogP contribution is 2.13. The number of hydrogen-bond donors (Lipinski definition) is 2. The fourth-order valence-corrected chi connectivity index (χ4v) is 2.50. The Kier molecular flexibility index (Phi) is 3.74. The Bertz CT molecular complexity index is 962. The van der Waals surface area contributed by atoms with E-state index in [2.05, 4.69) is 9.97 Å². The van der Waals surface area contributed by atoms with Gasteiger partial charge in [0.15, 0.2) is 0 Å². The quantitative estimate of drug-likeness (QED) is 0.759. The predicted octanol–water partition coefficient (Wildman–Crippen LogP) is 1.34. The van der Waals surface area contributed by atoms with E-state index in [1.54, 1.807) is 0 Å². The topological polar surface area (TPSA) is 95.9 Å². The number of rotatable bonds is 4. The van der Waals surface area contributed by atoms with Gasteiger partial charge in [-0.25, -0.2) is 9.59 Å². The first kappa shape index (κ1) is 14.1. The fraction of sp³-hybridized carbons (Fsp3) is 0.188. The molecule has 0 bridgehead atoms. The van der Waals surface area contributed by atoms with E-state index in [-0.39, 0.29) is 11.1 Å². The van der Waals surface area contributed by atoms with Crippen molar-refractivity contribution in [3.63, 3.8) is 0 Å². The summed E-state index contributed by atoms with van der Waals surface area (Å²) in [6, 6.07) is 11.3. The fourth-order valence-electron chi connectivity index (χ4n) is 2.50. The lowest BCUT2D eigenvalue weighted by Crippen LogP contribution is -2.24.